The fourth-order valence-electron chi connectivity index (χ4n) is 2.52. The molecule has 3 heteroatoms. The first-order valence-electron chi connectivity index (χ1n) is 6.61. The van der Waals surface area contributed by atoms with Gasteiger partial charge in [0.1, 0.15) is 17.2 Å². The van der Waals surface area contributed by atoms with Crippen molar-refractivity contribution in [3.05, 3.63) is 71.2 Å². The van der Waals surface area contributed by atoms with Crippen molar-refractivity contribution in [2.24, 2.45) is 0 Å². The SMILES string of the molecule is CNC(c1cc2ccccc2o1)c1cc(F)ccc1C. The Bertz CT molecular complexity index is 715. The van der Waals surface area contributed by atoms with Gasteiger partial charge in [0.2, 0.25) is 0 Å². The van der Waals surface area contributed by atoms with Gasteiger partial charge < -0.3 is 9.73 Å². The fourth-order valence-corrected chi connectivity index (χ4v) is 2.52. The summed E-state index contributed by atoms with van der Waals surface area (Å²) >= 11 is 0. The summed E-state index contributed by atoms with van der Waals surface area (Å²) in [4.78, 5) is 0. The van der Waals surface area contributed by atoms with E-state index in [-0.39, 0.29) is 11.9 Å². The minimum Gasteiger partial charge on any atom is -0.459 e. The first-order valence-corrected chi connectivity index (χ1v) is 6.61. The van der Waals surface area contributed by atoms with Crippen molar-refractivity contribution in [2.75, 3.05) is 7.05 Å². The molecule has 0 saturated heterocycles. The highest BCUT2D eigenvalue weighted by Crippen LogP contribution is 2.30. The van der Waals surface area contributed by atoms with Gasteiger partial charge in [0.25, 0.3) is 0 Å². The third-order valence-electron chi connectivity index (χ3n) is 3.57. The molecule has 0 aliphatic heterocycles. The summed E-state index contributed by atoms with van der Waals surface area (Å²) in [5, 5.41) is 4.26. The van der Waals surface area contributed by atoms with Crippen molar-refractivity contribution in [3.8, 4) is 0 Å². The van der Waals surface area contributed by atoms with Gasteiger partial charge in [0, 0.05) is 5.39 Å². The highest BCUT2D eigenvalue weighted by molar-refractivity contribution is 5.78. The van der Waals surface area contributed by atoms with Crippen LogP contribution in [0.1, 0.15) is 22.9 Å². The fraction of sp³-hybridized carbons (Fsp3) is 0.176. The highest BCUT2D eigenvalue weighted by Gasteiger charge is 2.19. The largest absolute Gasteiger partial charge is 0.459 e. The number of para-hydroxylation sites is 1. The maximum absolute atomic E-state index is 13.5. The van der Waals surface area contributed by atoms with Crippen LogP contribution in [0, 0.1) is 12.7 Å². The van der Waals surface area contributed by atoms with E-state index in [2.05, 4.69) is 5.32 Å². The Morgan fingerprint density at radius 3 is 2.65 bits per heavy atom. The Balaban J connectivity index is 2.11. The Hall–Kier alpha value is -2.13. The molecule has 0 bridgehead atoms. The van der Waals surface area contributed by atoms with E-state index in [1.807, 2.05) is 44.3 Å². The van der Waals surface area contributed by atoms with Gasteiger partial charge in [-0.05, 0) is 49.4 Å². The summed E-state index contributed by atoms with van der Waals surface area (Å²) in [6.45, 7) is 1.97. The van der Waals surface area contributed by atoms with Crippen molar-refractivity contribution in [3.63, 3.8) is 0 Å². The lowest BCUT2D eigenvalue weighted by Gasteiger charge is -2.16. The van der Waals surface area contributed by atoms with Crippen LogP contribution in [-0.2, 0) is 0 Å². The first kappa shape index (κ1) is 12.9. The van der Waals surface area contributed by atoms with Gasteiger partial charge in [-0.25, -0.2) is 4.39 Å². The summed E-state index contributed by atoms with van der Waals surface area (Å²) in [5.41, 5.74) is 2.77. The number of hydrogen-bond acceptors (Lipinski definition) is 2. The topological polar surface area (TPSA) is 25.2 Å². The van der Waals surface area contributed by atoms with Crippen LogP contribution in [0.15, 0.2) is 52.9 Å². The zero-order valence-corrected chi connectivity index (χ0v) is 11.5. The number of aryl methyl sites for hydroxylation is 1. The maximum Gasteiger partial charge on any atom is 0.134 e. The third-order valence-corrected chi connectivity index (χ3v) is 3.57. The quantitative estimate of drug-likeness (QED) is 0.771. The molecular weight excluding hydrogens is 253 g/mol. The summed E-state index contributed by atoms with van der Waals surface area (Å²) in [5.74, 6) is 0.560. The third kappa shape index (κ3) is 2.21. The molecule has 102 valence electrons. The van der Waals surface area contributed by atoms with Crippen molar-refractivity contribution in [2.45, 2.75) is 13.0 Å². The van der Waals surface area contributed by atoms with E-state index in [0.717, 1.165) is 27.9 Å². The van der Waals surface area contributed by atoms with E-state index in [1.54, 1.807) is 12.1 Å². The molecule has 2 nitrogen and oxygen atoms in total. The molecule has 0 spiro atoms. The average molecular weight is 269 g/mol. The van der Waals surface area contributed by atoms with E-state index in [1.165, 1.54) is 6.07 Å². The van der Waals surface area contributed by atoms with Crippen LogP contribution in [0.25, 0.3) is 11.0 Å². The van der Waals surface area contributed by atoms with Crippen LogP contribution in [0.4, 0.5) is 4.39 Å². The first-order chi connectivity index (χ1) is 9.69. The number of fused-ring (bicyclic) bond motifs is 1. The van der Waals surface area contributed by atoms with Crippen molar-refractivity contribution < 1.29 is 8.81 Å². The number of hydrogen-bond donors (Lipinski definition) is 1. The zero-order valence-electron chi connectivity index (χ0n) is 11.5. The number of benzene rings is 2. The normalized spacial score (nSPS) is 12.8. The summed E-state index contributed by atoms with van der Waals surface area (Å²) in [6, 6.07) is 14.5. The molecular formula is C17H16FNO. The Morgan fingerprint density at radius 2 is 1.90 bits per heavy atom. The molecule has 1 atom stereocenters. The Morgan fingerprint density at radius 1 is 1.10 bits per heavy atom. The molecule has 0 amide bonds. The number of nitrogens with one attached hydrogen (secondary N) is 1. The summed E-state index contributed by atoms with van der Waals surface area (Å²) in [7, 11) is 1.85. The van der Waals surface area contributed by atoms with Crippen LogP contribution >= 0.6 is 0 Å². The van der Waals surface area contributed by atoms with E-state index in [9.17, 15) is 4.39 Å². The van der Waals surface area contributed by atoms with Gasteiger partial charge in [-0.3, -0.25) is 0 Å². The standard InChI is InChI=1S/C17H16FNO/c1-11-7-8-13(18)10-14(11)17(19-2)16-9-12-5-3-4-6-15(12)20-16/h3-10,17,19H,1-2H3. The molecule has 0 aliphatic carbocycles. The van der Waals surface area contributed by atoms with Gasteiger partial charge in [-0.2, -0.15) is 0 Å². The zero-order chi connectivity index (χ0) is 14.1. The lowest BCUT2D eigenvalue weighted by Crippen LogP contribution is -2.18. The van der Waals surface area contributed by atoms with E-state index in [0.29, 0.717) is 0 Å². The molecule has 0 aliphatic rings. The molecule has 20 heavy (non-hydrogen) atoms. The van der Waals surface area contributed by atoms with Crippen molar-refractivity contribution in [1.82, 2.24) is 5.32 Å². The van der Waals surface area contributed by atoms with Crippen molar-refractivity contribution >= 4 is 11.0 Å². The van der Waals surface area contributed by atoms with Crippen LogP contribution in [0.5, 0.6) is 0 Å². The van der Waals surface area contributed by atoms with Crippen LogP contribution in [0.3, 0.4) is 0 Å². The number of furan rings is 1. The molecule has 3 aromatic rings. The van der Waals surface area contributed by atoms with Gasteiger partial charge in [-0.15, -0.1) is 0 Å². The maximum atomic E-state index is 13.5. The molecule has 2 aromatic carbocycles. The van der Waals surface area contributed by atoms with Gasteiger partial charge >= 0.3 is 0 Å². The molecule has 0 fully saturated rings. The summed E-state index contributed by atoms with van der Waals surface area (Å²) in [6.07, 6.45) is 0. The molecule has 1 unspecified atom stereocenters. The Kier molecular flexibility index (Phi) is 3.28. The lowest BCUT2D eigenvalue weighted by atomic mass is 9.99. The van der Waals surface area contributed by atoms with Crippen LogP contribution in [0.2, 0.25) is 0 Å². The minimum atomic E-state index is -0.234. The molecule has 0 radical (unpaired) electrons. The second-order valence-electron chi connectivity index (χ2n) is 4.91. The molecule has 3 rings (SSSR count). The lowest BCUT2D eigenvalue weighted by molar-refractivity contribution is 0.488. The van der Waals surface area contributed by atoms with E-state index >= 15 is 0 Å². The molecule has 1 heterocycles. The van der Waals surface area contributed by atoms with E-state index < -0.39 is 0 Å². The number of halogens is 1. The predicted molar refractivity (Wildman–Crippen MR) is 78.3 cm³/mol. The van der Waals surface area contributed by atoms with Crippen LogP contribution < -0.4 is 5.32 Å². The summed E-state index contributed by atoms with van der Waals surface area (Å²) < 4.78 is 19.4. The minimum absolute atomic E-state index is 0.155. The molecule has 1 aromatic heterocycles. The number of rotatable bonds is 3. The monoisotopic (exact) mass is 269 g/mol. The van der Waals surface area contributed by atoms with Gasteiger partial charge in [0.05, 0.1) is 6.04 Å². The van der Waals surface area contributed by atoms with Crippen LogP contribution in [-0.4, -0.2) is 7.05 Å². The second kappa shape index (κ2) is 5.10. The predicted octanol–water partition coefficient (Wildman–Crippen LogP) is 4.19. The smallest absolute Gasteiger partial charge is 0.134 e. The Labute approximate surface area is 117 Å². The molecule has 0 saturated carbocycles. The highest BCUT2D eigenvalue weighted by atomic mass is 19.1. The average Bonchev–Trinajstić information content (AvgIpc) is 2.87. The van der Waals surface area contributed by atoms with Gasteiger partial charge in [0.15, 0.2) is 0 Å². The van der Waals surface area contributed by atoms with Gasteiger partial charge in [-0.1, -0.05) is 24.3 Å². The molecule has 1 N–H and O–H groups in total. The second-order valence-corrected chi connectivity index (χ2v) is 4.91. The van der Waals surface area contributed by atoms with E-state index in [4.69, 9.17) is 4.42 Å². The van der Waals surface area contributed by atoms with Crippen molar-refractivity contribution in [1.29, 1.82) is 0 Å².